The number of nitrogens with one attached hydrogen (secondary N) is 1. The number of hydrogen-bond acceptors (Lipinski definition) is 4. The number of imidazole rings is 1. The van der Waals surface area contributed by atoms with E-state index >= 15 is 0 Å². The molecule has 2 aromatic carbocycles. The van der Waals surface area contributed by atoms with Crippen LogP contribution in [0.3, 0.4) is 0 Å². The van der Waals surface area contributed by atoms with E-state index in [4.69, 9.17) is 23.2 Å². The SMILES string of the molecule is C=C(c1ccccc1)c1ccc(Cn2c(CC)nc(Cl)c2C=CC(=O)NS(=O)(=O)C=CCCC)c(Cl)c1. The fourth-order valence-corrected chi connectivity index (χ4v) is 4.96. The minimum atomic E-state index is -3.87. The summed E-state index contributed by atoms with van der Waals surface area (Å²) in [5, 5.41) is 1.75. The Morgan fingerprint density at radius 1 is 1.11 bits per heavy atom. The first kappa shape index (κ1) is 28.4. The molecule has 0 atom stereocenters. The number of carbonyl (C=O) groups is 1. The van der Waals surface area contributed by atoms with Gasteiger partial charge in [-0.25, -0.2) is 18.1 Å². The predicted octanol–water partition coefficient (Wildman–Crippen LogP) is 6.64. The van der Waals surface area contributed by atoms with Gasteiger partial charge in [0.25, 0.3) is 15.9 Å². The Bertz CT molecular complexity index is 1440. The number of benzene rings is 2. The first-order chi connectivity index (χ1) is 17.6. The quantitative estimate of drug-likeness (QED) is 0.268. The Morgan fingerprint density at radius 2 is 1.84 bits per heavy atom. The van der Waals surface area contributed by atoms with Crippen molar-refractivity contribution in [1.29, 1.82) is 0 Å². The lowest BCUT2D eigenvalue weighted by atomic mass is 9.98. The van der Waals surface area contributed by atoms with Crippen molar-refractivity contribution in [3.05, 3.63) is 111 Å². The molecule has 0 aliphatic heterocycles. The van der Waals surface area contributed by atoms with Crippen LogP contribution in [0.4, 0.5) is 0 Å². The summed E-state index contributed by atoms with van der Waals surface area (Å²) < 4.78 is 27.9. The summed E-state index contributed by atoms with van der Waals surface area (Å²) in [7, 11) is -3.87. The largest absolute Gasteiger partial charge is 0.323 e. The van der Waals surface area contributed by atoms with Crippen molar-refractivity contribution in [2.24, 2.45) is 0 Å². The standard InChI is InChI=1S/C28H29Cl2N3O3S/c1-4-6-10-17-37(35,36)32-27(34)16-15-25-28(30)31-26(5-2)33(25)19-23-14-13-22(18-24(23)29)20(3)21-11-8-7-9-12-21/h7-18H,3-6,19H2,1-2H3,(H,32,34). The Balaban J connectivity index is 1.83. The second kappa shape index (κ2) is 12.9. The Kier molecular flexibility index (Phi) is 9.92. The monoisotopic (exact) mass is 557 g/mol. The molecule has 0 bridgehead atoms. The van der Waals surface area contributed by atoms with Crippen LogP contribution >= 0.6 is 23.2 Å². The number of halogens is 2. The third-order valence-corrected chi connectivity index (χ3v) is 7.24. The van der Waals surface area contributed by atoms with Crippen LogP contribution in [0.25, 0.3) is 11.6 Å². The zero-order valence-corrected chi connectivity index (χ0v) is 23.1. The third-order valence-electron chi connectivity index (χ3n) is 5.58. The van der Waals surface area contributed by atoms with Crippen molar-refractivity contribution in [3.63, 3.8) is 0 Å². The van der Waals surface area contributed by atoms with Crippen LogP contribution in [0.15, 0.2) is 72.7 Å². The van der Waals surface area contributed by atoms with E-state index in [1.54, 1.807) is 0 Å². The summed E-state index contributed by atoms with van der Waals surface area (Å²) in [4.78, 5) is 16.7. The molecule has 0 aliphatic carbocycles. The average molecular weight is 559 g/mol. The number of carbonyl (C=O) groups excluding carboxylic acids is 1. The van der Waals surface area contributed by atoms with Crippen LogP contribution in [-0.2, 0) is 27.8 Å². The maximum atomic E-state index is 12.3. The van der Waals surface area contributed by atoms with Crippen molar-refractivity contribution in [3.8, 4) is 0 Å². The maximum absolute atomic E-state index is 12.3. The molecule has 9 heteroatoms. The molecule has 0 fully saturated rings. The van der Waals surface area contributed by atoms with E-state index in [-0.39, 0.29) is 5.15 Å². The van der Waals surface area contributed by atoms with Gasteiger partial charge in [0, 0.05) is 22.9 Å². The minimum absolute atomic E-state index is 0.205. The molecule has 1 amide bonds. The van der Waals surface area contributed by atoms with Gasteiger partial charge in [-0.1, -0.05) is 98.6 Å². The predicted molar refractivity (Wildman–Crippen MR) is 152 cm³/mol. The molecular formula is C28H29Cl2N3O3S. The van der Waals surface area contributed by atoms with Crippen LogP contribution < -0.4 is 4.72 Å². The summed E-state index contributed by atoms with van der Waals surface area (Å²) >= 11 is 13.0. The highest BCUT2D eigenvalue weighted by molar-refractivity contribution is 7.92. The van der Waals surface area contributed by atoms with Crippen molar-refractivity contribution in [2.45, 2.75) is 39.7 Å². The Hall–Kier alpha value is -3.13. The van der Waals surface area contributed by atoms with Crippen LogP contribution in [0, 0.1) is 0 Å². The van der Waals surface area contributed by atoms with Crippen LogP contribution in [-0.4, -0.2) is 23.9 Å². The summed E-state index contributed by atoms with van der Waals surface area (Å²) in [6.07, 6.45) is 6.08. The van der Waals surface area contributed by atoms with E-state index in [9.17, 15) is 13.2 Å². The number of hydrogen-bond donors (Lipinski definition) is 1. The van der Waals surface area contributed by atoms with Gasteiger partial charge in [0.15, 0.2) is 5.15 Å². The van der Waals surface area contributed by atoms with Crippen LogP contribution in [0.5, 0.6) is 0 Å². The van der Waals surface area contributed by atoms with Gasteiger partial charge in [0.1, 0.15) is 5.82 Å². The second-order valence-electron chi connectivity index (χ2n) is 8.30. The topological polar surface area (TPSA) is 81.1 Å². The molecule has 6 nitrogen and oxygen atoms in total. The molecular weight excluding hydrogens is 529 g/mol. The van der Waals surface area contributed by atoms with Gasteiger partial charge in [0.05, 0.1) is 12.2 Å². The maximum Gasteiger partial charge on any atom is 0.257 e. The van der Waals surface area contributed by atoms with Gasteiger partial charge in [-0.3, -0.25) is 4.79 Å². The van der Waals surface area contributed by atoms with E-state index in [0.717, 1.165) is 40.2 Å². The lowest BCUT2D eigenvalue weighted by Crippen LogP contribution is -2.27. The molecule has 0 unspecified atom stereocenters. The highest BCUT2D eigenvalue weighted by Gasteiger charge is 2.16. The fraction of sp³-hybridized carbons (Fsp3) is 0.214. The van der Waals surface area contributed by atoms with Gasteiger partial charge in [-0.05, 0) is 40.8 Å². The van der Waals surface area contributed by atoms with Crippen molar-refractivity contribution >= 4 is 50.8 Å². The number of rotatable bonds is 11. The number of aryl methyl sites for hydroxylation is 1. The van der Waals surface area contributed by atoms with E-state index in [1.165, 1.54) is 12.2 Å². The van der Waals surface area contributed by atoms with E-state index < -0.39 is 15.9 Å². The summed E-state index contributed by atoms with van der Waals surface area (Å²) in [5.74, 6) is -0.0844. The Morgan fingerprint density at radius 3 is 2.49 bits per heavy atom. The number of nitrogens with zero attached hydrogens (tertiary/aromatic N) is 2. The zero-order valence-electron chi connectivity index (χ0n) is 20.7. The normalized spacial score (nSPS) is 11.9. The molecule has 0 saturated carbocycles. The molecule has 1 N–H and O–H groups in total. The average Bonchev–Trinajstić information content (AvgIpc) is 3.17. The van der Waals surface area contributed by atoms with Gasteiger partial charge >= 0.3 is 0 Å². The molecule has 0 radical (unpaired) electrons. The molecule has 37 heavy (non-hydrogen) atoms. The third kappa shape index (κ3) is 7.68. The highest BCUT2D eigenvalue weighted by atomic mass is 35.5. The van der Waals surface area contributed by atoms with Crippen molar-refractivity contribution < 1.29 is 13.2 Å². The van der Waals surface area contributed by atoms with Gasteiger partial charge in [-0.15, -0.1) is 0 Å². The van der Waals surface area contributed by atoms with Crippen molar-refractivity contribution in [1.82, 2.24) is 14.3 Å². The first-order valence-corrected chi connectivity index (χ1v) is 14.1. The summed E-state index contributed by atoms with van der Waals surface area (Å²) in [6, 6.07) is 15.6. The molecule has 0 saturated heterocycles. The molecule has 0 spiro atoms. The zero-order chi connectivity index (χ0) is 27.0. The van der Waals surface area contributed by atoms with Crippen molar-refractivity contribution in [2.75, 3.05) is 0 Å². The van der Waals surface area contributed by atoms with Gasteiger partial charge < -0.3 is 4.57 Å². The van der Waals surface area contributed by atoms with Crippen LogP contribution in [0.2, 0.25) is 10.2 Å². The van der Waals surface area contributed by atoms with E-state index in [0.29, 0.717) is 35.9 Å². The summed E-state index contributed by atoms with van der Waals surface area (Å²) in [6.45, 7) is 8.43. The van der Waals surface area contributed by atoms with Gasteiger partial charge in [0.2, 0.25) is 0 Å². The minimum Gasteiger partial charge on any atom is -0.323 e. The first-order valence-electron chi connectivity index (χ1n) is 11.8. The number of allylic oxidation sites excluding steroid dienone is 1. The lowest BCUT2D eigenvalue weighted by Gasteiger charge is -2.13. The molecule has 0 aliphatic rings. The molecule has 3 aromatic rings. The number of amides is 1. The molecule has 1 aromatic heterocycles. The highest BCUT2D eigenvalue weighted by Crippen LogP contribution is 2.28. The van der Waals surface area contributed by atoms with E-state index in [2.05, 4.69) is 11.6 Å². The van der Waals surface area contributed by atoms with Gasteiger partial charge in [-0.2, -0.15) is 0 Å². The number of unbranched alkanes of at least 4 members (excludes halogenated alkanes) is 1. The smallest absolute Gasteiger partial charge is 0.257 e. The summed E-state index contributed by atoms with van der Waals surface area (Å²) in [5.41, 5.74) is 4.09. The molecule has 194 valence electrons. The number of aromatic nitrogens is 2. The molecule has 3 rings (SSSR count). The number of sulfonamides is 1. The Labute approximate surface area is 228 Å². The van der Waals surface area contributed by atoms with Crippen LogP contribution in [0.1, 0.15) is 54.9 Å². The van der Waals surface area contributed by atoms with E-state index in [1.807, 2.05) is 71.7 Å². The molecule has 1 heterocycles. The lowest BCUT2D eigenvalue weighted by molar-refractivity contribution is -0.114. The fourth-order valence-electron chi connectivity index (χ4n) is 3.65. The second-order valence-corrected chi connectivity index (χ2v) is 10.6.